The quantitative estimate of drug-likeness (QED) is 0.494. The Kier molecular flexibility index (Phi) is 4.97. The Balaban J connectivity index is 2.37. The fraction of sp³-hybridized carbons (Fsp3) is 0.0588. The van der Waals surface area contributed by atoms with Gasteiger partial charge in [-0.2, -0.15) is 0 Å². The summed E-state index contributed by atoms with van der Waals surface area (Å²) in [5.74, 6) is 2.30. The van der Waals surface area contributed by atoms with Crippen molar-refractivity contribution in [3.63, 3.8) is 0 Å². The molecule has 0 atom stereocenters. The van der Waals surface area contributed by atoms with Gasteiger partial charge in [0.25, 0.3) is 10.0 Å². The second-order valence-electron chi connectivity index (χ2n) is 4.38. The van der Waals surface area contributed by atoms with Crippen LogP contribution in [0, 0.1) is 17.8 Å². The van der Waals surface area contributed by atoms with Crippen LogP contribution in [0.2, 0.25) is 0 Å². The van der Waals surface area contributed by atoms with Crippen molar-refractivity contribution in [3.05, 3.63) is 78.6 Å². The van der Waals surface area contributed by atoms with Crippen molar-refractivity contribution in [2.75, 3.05) is 6.54 Å². The van der Waals surface area contributed by atoms with E-state index in [0.717, 1.165) is 16.4 Å². The van der Waals surface area contributed by atoms with E-state index in [0.29, 0.717) is 5.56 Å². The van der Waals surface area contributed by atoms with Crippen LogP contribution in [-0.2, 0) is 10.0 Å². The molecule has 0 saturated heterocycles. The molecular weight excluding hydrogens is 301 g/mol. The standard InChI is InChI=1S/C17H14FNO2S/c1-2-13-19(14-12-15-6-4-3-5-7-15)22(20,21)17-10-8-16(18)9-11-17/h2-11H,1,13H2. The summed E-state index contributed by atoms with van der Waals surface area (Å²) in [5.41, 5.74) is 0.700. The van der Waals surface area contributed by atoms with E-state index in [1.807, 2.05) is 18.2 Å². The van der Waals surface area contributed by atoms with Crippen LogP contribution in [0.3, 0.4) is 0 Å². The maximum atomic E-state index is 12.9. The molecule has 0 radical (unpaired) electrons. The zero-order valence-corrected chi connectivity index (χ0v) is 12.6. The lowest BCUT2D eigenvalue weighted by molar-refractivity contribution is 0.532. The molecule has 112 valence electrons. The average molecular weight is 315 g/mol. The summed E-state index contributed by atoms with van der Waals surface area (Å²) >= 11 is 0. The monoisotopic (exact) mass is 315 g/mol. The van der Waals surface area contributed by atoms with Crippen LogP contribution in [0.5, 0.6) is 0 Å². The third-order valence-corrected chi connectivity index (χ3v) is 4.48. The molecule has 0 aromatic heterocycles. The Hall–Kier alpha value is -2.58. The van der Waals surface area contributed by atoms with Crippen LogP contribution in [0.25, 0.3) is 0 Å². The summed E-state index contributed by atoms with van der Waals surface area (Å²) in [4.78, 5) is -0.0156. The highest BCUT2D eigenvalue weighted by Crippen LogP contribution is 2.15. The zero-order valence-electron chi connectivity index (χ0n) is 11.7. The summed E-state index contributed by atoms with van der Waals surface area (Å²) in [6, 6.07) is 16.3. The Morgan fingerprint density at radius 3 is 2.32 bits per heavy atom. The number of hydrogen-bond acceptors (Lipinski definition) is 2. The summed E-state index contributed by atoms with van der Waals surface area (Å²) in [6.45, 7) is 3.58. The minimum absolute atomic E-state index is 0.0156. The van der Waals surface area contributed by atoms with Crippen molar-refractivity contribution in [1.82, 2.24) is 4.31 Å². The van der Waals surface area contributed by atoms with Gasteiger partial charge in [-0.15, -0.1) is 6.58 Å². The third-order valence-electron chi connectivity index (χ3n) is 2.80. The lowest BCUT2D eigenvalue weighted by atomic mass is 10.2. The molecule has 0 aliphatic rings. The van der Waals surface area contributed by atoms with Crippen LogP contribution < -0.4 is 0 Å². The normalized spacial score (nSPS) is 10.4. The molecule has 0 unspecified atom stereocenters. The molecule has 2 rings (SSSR count). The Morgan fingerprint density at radius 1 is 1.09 bits per heavy atom. The van der Waals surface area contributed by atoms with Crippen LogP contribution in [-0.4, -0.2) is 19.3 Å². The highest BCUT2D eigenvalue weighted by atomic mass is 32.2. The van der Waals surface area contributed by atoms with Crippen molar-refractivity contribution < 1.29 is 12.8 Å². The number of nitrogens with zero attached hydrogens (tertiary/aromatic N) is 1. The van der Waals surface area contributed by atoms with Crippen molar-refractivity contribution in [1.29, 1.82) is 0 Å². The van der Waals surface area contributed by atoms with E-state index in [9.17, 15) is 12.8 Å². The summed E-state index contributed by atoms with van der Waals surface area (Å²) in [5, 5.41) is 0. The summed E-state index contributed by atoms with van der Waals surface area (Å²) < 4.78 is 38.9. The first kappa shape index (κ1) is 15.8. The second kappa shape index (κ2) is 6.92. The molecule has 3 nitrogen and oxygen atoms in total. The summed E-state index contributed by atoms with van der Waals surface area (Å²) in [7, 11) is -3.83. The van der Waals surface area contributed by atoms with Gasteiger partial charge in [0.2, 0.25) is 0 Å². The van der Waals surface area contributed by atoms with Crippen molar-refractivity contribution in [2.24, 2.45) is 0 Å². The van der Waals surface area contributed by atoms with Crippen LogP contribution in [0.4, 0.5) is 4.39 Å². The van der Waals surface area contributed by atoms with E-state index in [2.05, 4.69) is 18.5 Å². The van der Waals surface area contributed by atoms with Crippen LogP contribution >= 0.6 is 0 Å². The number of halogens is 1. The number of hydrogen-bond donors (Lipinski definition) is 0. The molecule has 0 aliphatic heterocycles. The summed E-state index contributed by atoms with van der Waals surface area (Å²) in [6.07, 6.45) is 1.45. The molecular formula is C17H14FNO2S. The van der Waals surface area contributed by atoms with Gasteiger partial charge >= 0.3 is 0 Å². The first-order valence-corrected chi connectivity index (χ1v) is 7.94. The van der Waals surface area contributed by atoms with Crippen molar-refractivity contribution >= 4 is 10.0 Å². The minimum Gasteiger partial charge on any atom is -0.220 e. The van der Waals surface area contributed by atoms with Crippen LogP contribution in [0.15, 0.2) is 72.1 Å². The van der Waals surface area contributed by atoms with Gasteiger partial charge in [0.05, 0.1) is 11.4 Å². The molecule has 0 spiro atoms. The van der Waals surface area contributed by atoms with Gasteiger partial charge in [-0.3, -0.25) is 0 Å². The molecule has 0 fully saturated rings. The Labute approximate surface area is 129 Å². The SMILES string of the molecule is C=CCN(C#Cc1ccccc1)S(=O)(=O)c1ccc(F)cc1. The molecule has 0 amide bonds. The maximum Gasteiger partial charge on any atom is 0.271 e. The number of sulfonamides is 1. The highest BCUT2D eigenvalue weighted by molar-refractivity contribution is 7.89. The van der Waals surface area contributed by atoms with Crippen molar-refractivity contribution in [3.8, 4) is 12.0 Å². The Morgan fingerprint density at radius 2 is 1.73 bits per heavy atom. The predicted molar refractivity (Wildman–Crippen MR) is 83.8 cm³/mol. The van der Waals surface area contributed by atoms with Crippen molar-refractivity contribution in [2.45, 2.75) is 4.90 Å². The topological polar surface area (TPSA) is 37.4 Å². The molecule has 0 bridgehead atoms. The van der Waals surface area contributed by atoms with Gasteiger partial charge in [-0.1, -0.05) is 24.3 Å². The lowest BCUT2D eigenvalue weighted by Crippen LogP contribution is -2.26. The first-order chi connectivity index (χ1) is 10.5. The maximum absolute atomic E-state index is 12.9. The van der Waals surface area contributed by atoms with Crippen LogP contribution in [0.1, 0.15) is 5.56 Å². The predicted octanol–water partition coefficient (Wildman–Crippen LogP) is 3.01. The number of benzene rings is 2. The molecule has 0 N–H and O–H groups in total. The molecule has 0 saturated carbocycles. The molecule has 0 aliphatic carbocycles. The zero-order chi connectivity index (χ0) is 16.0. The smallest absolute Gasteiger partial charge is 0.220 e. The van der Waals surface area contributed by atoms with Gasteiger partial charge in [0, 0.05) is 11.6 Å². The minimum atomic E-state index is -3.83. The van der Waals surface area contributed by atoms with E-state index in [-0.39, 0.29) is 11.4 Å². The van der Waals surface area contributed by atoms with E-state index in [1.54, 1.807) is 12.1 Å². The van der Waals surface area contributed by atoms with Gasteiger partial charge in [0.15, 0.2) is 0 Å². The molecule has 2 aromatic rings. The first-order valence-electron chi connectivity index (χ1n) is 6.50. The molecule has 22 heavy (non-hydrogen) atoms. The average Bonchev–Trinajstić information content (AvgIpc) is 2.52. The molecule has 0 heterocycles. The Bertz CT molecular complexity index is 803. The fourth-order valence-corrected chi connectivity index (χ4v) is 2.91. The van der Waals surface area contributed by atoms with E-state index in [4.69, 9.17) is 0 Å². The largest absolute Gasteiger partial charge is 0.271 e. The number of rotatable bonds is 4. The van der Waals surface area contributed by atoms with E-state index >= 15 is 0 Å². The van der Waals surface area contributed by atoms with Gasteiger partial charge in [0.1, 0.15) is 5.82 Å². The molecule has 2 aromatic carbocycles. The third kappa shape index (κ3) is 3.74. The van der Waals surface area contributed by atoms with E-state index in [1.165, 1.54) is 18.2 Å². The molecule has 5 heteroatoms. The second-order valence-corrected chi connectivity index (χ2v) is 6.24. The van der Waals surface area contributed by atoms with Gasteiger partial charge in [-0.25, -0.2) is 17.1 Å². The van der Waals surface area contributed by atoms with Gasteiger partial charge < -0.3 is 0 Å². The highest BCUT2D eigenvalue weighted by Gasteiger charge is 2.21. The lowest BCUT2D eigenvalue weighted by Gasteiger charge is -2.15. The fourth-order valence-electron chi connectivity index (χ4n) is 1.70. The van der Waals surface area contributed by atoms with Gasteiger partial charge in [-0.05, 0) is 42.3 Å². The van der Waals surface area contributed by atoms with E-state index < -0.39 is 15.8 Å².